The van der Waals surface area contributed by atoms with Crippen molar-refractivity contribution in [2.24, 2.45) is 5.73 Å². The van der Waals surface area contributed by atoms with Crippen LogP contribution in [-0.4, -0.2) is 35.1 Å². The number of hydrogen-bond acceptors (Lipinski definition) is 3. The second kappa shape index (κ2) is 6.86. The standard InChI is InChI=1S/C16H26N4/c1-4-5-8-13(17)16-18-14-9-6-7-10-15(14)20(16)12-11-19(2)3/h6-7,9-10,13H,4-5,8,11-12,17H2,1-3H3. The van der Waals surface area contributed by atoms with E-state index in [4.69, 9.17) is 10.7 Å². The smallest absolute Gasteiger partial charge is 0.126 e. The van der Waals surface area contributed by atoms with E-state index in [2.05, 4.69) is 48.7 Å². The van der Waals surface area contributed by atoms with Gasteiger partial charge in [-0.1, -0.05) is 31.9 Å². The van der Waals surface area contributed by atoms with Crippen molar-refractivity contribution in [3.63, 3.8) is 0 Å². The quantitative estimate of drug-likeness (QED) is 0.844. The molecule has 1 aromatic heterocycles. The van der Waals surface area contributed by atoms with Crippen LogP contribution in [0.2, 0.25) is 0 Å². The molecular weight excluding hydrogens is 248 g/mol. The molecule has 0 amide bonds. The van der Waals surface area contributed by atoms with E-state index < -0.39 is 0 Å². The summed E-state index contributed by atoms with van der Waals surface area (Å²) >= 11 is 0. The van der Waals surface area contributed by atoms with Crippen LogP contribution in [0.5, 0.6) is 0 Å². The van der Waals surface area contributed by atoms with Gasteiger partial charge in [-0.3, -0.25) is 0 Å². The number of hydrogen-bond donors (Lipinski definition) is 1. The maximum Gasteiger partial charge on any atom is 0.126 e. The first-order chi connectivity index (χ1) is 9.63. The molecule has 1 unspecified atom stereocenters. The van der Waals surface area contributed by atoms with Crippen LogP contribution in [0.4, 0.5) is 0 Å². The molecule has 1 atom stereocenters. The van der Waals surface area contributed by atoms with Gasteiger partial charge in [0.25, 0.3) is 0 Å². The number of imidazole rings is 1. The van der Waals surface area contributed by atoms with Crippen molar-refractivity contribution >= 4 is 11.0 Å². The zero-order chi connectivity index (χ0) is 14.5. The number of unbranched alkanes of at least 4 members (excludes halogenated alkanes) is 1. The summed E-state index contributed by atoms with van der Waals surface area (Å²) in [5.74, 6) is 1.03. The largest absolute Gasteiger partial charge is 0.325 e. The number of nitrogens with two attached hydrogens (primary N) is 1. The molecule has 0 spiro atoms. The van der Waals surface area contributed by atoms with Crippen LogP contribution in [0.15, 0.2) is 24.3 Å². The number of fused-ring (bicyclic) bond motifs is 1. The minimum absolute atomic E-state index is 0.0320. The van der Waals surface area contributed by atoms with Crippen molar-refractivity contribution < 1.29 is 0 Å². The summed E-state index contributed by atoms with van der Waals surface area (Å²) in [6, 6.07) is 8.33. The normalized spacial score (nSPS) is 13.2. The van der Waals surface area contributed by atoms with Gasteiger partial charge in [0, 0.05) is 13.1 Å². The maximum atomic E-state index is 6.36. The highest BCUT2D eigenvalue weighted by Crippen LogP contribution is 2.22. The topological polar surface area (TPSA) is 47.1 Å². The molecule has 1 heterocycles. The number of rotatable bonds is 7. The van der Waals surface area contributed by atoms with Gasteiger partial charge in [-0.25, -0.2) is 4.98 Å². The fraction of sp³-hybridized carbons (Fsp3) is 0.562. The number of para-hydroxylation sites is 2. The summed E-state index contributed by atoms with van der Waals surface area (Å²) in [6.07, 6.45) is 3.32. The first kappa shape index (κ1) is 15.0. The van der Waals surface area contributed by atoms with E-state index in [1.165, 1.54) is 11.9 Å². The van der Waals surface area contributed by atoms with Crippen molar-refractivity contribution in [1.82, 2.24) is 14.5 Å². The molecular formula is C16H26N4. The molecule has 0 bridgehead atoms. The zero-order valence-electron chi connectivity index (χ0n) is 12.8. The molecule has 0 fully saturated rings. The second-order valence-electron chi connectivity index (χ2n) is 5.66. The Hall–Kier alpha value is -1.39. The summed E-state index contributed by atoms with van der Waals surface area (Å²) in [4.78, 5) is 6.95. The van der Waals surface area contributed by atoms with E-state index in [9.17, 15) is 0 Å². The van der Waals surface area contributed by atoms with Crippen molar-refractivity contribution in [3.05, 3.63) is 30.1 Å². The van der Waals surface area contributed by atoms with E-state index in [1.807, 2.05) is 6.07 Å². The summed E-state index contributed by atoms with van der Waals surface area (Å²) in [5, 5.41) is 0. The van der Waals surface area contributed by atoms with Gasteiger partial charge in [0.15, 0.2) is 0 Å². The lowest BCUT2D eigenvalue weighted by Crippen LogP contribution is -2.22. The Balaban J connectivity index is 2.33. The monoisotopic (exact) mass is 274 g/mol. The number of benzene rings is 1. The molecule has 0 aliphatic carbocycles. The summed E-state index contributed by atoms with van der Waals surface area (Å²) < 4.78 is 2.29. The van der Waals surface area contributed by atoms with Crippen LogP contribution in [0.25, 0.3) is 11.0 Å². The molecule has 4 nitrogen and oxygen atoms in total. The van der Waals surface area contributed by atoms with Crippen molar-refractivity contribution in [3.8, 4) is 0 Å². The van der Waals surface area contributed by atoms with Crippen LogP contribution < -0.4 is 5.73 Å². The van der Waals surface area contributed by atoms with E-state index in [0.717, 1.165) is 37.3 Å². The van der Waals surface area contributed by atoms with Gasteiger partial charge in [0.2, 0.25) is 0 Å². The number of nitrogens with zero attached hydrogens (tertiary/aromatic N) is 3. The Bertz CT molecular complexity index is 544. The fourth-order valence-corrected chi connectivity index (χ4v) is 2.47. The number of aromatic nitrogens is 2. The van der Waals surface area contributed by atoms with Gasteiger partial charge in [-0.05, 0) is 32.6 Å². The zero-order valence-corrected chi connectivity index (χ0v) is 12.8. The second-order valence-corrected chi connectivity index (χ2v) is 5.66. The Morgan fingerprint density at radius 3 is 2.75 bits per heavy atom. The molecule has 0 saturated carbocycles. The van der Waals surface area contributed by atoms with E-state index in [1.54, 1.807) is 0 Å². The van der Waals surface area contributed by atoms with Crippen LogP contribution in [0.1, 0.15) is 38.1 Å². The Kier molecular flexibility index (Phi) is 5.15. The first-order valence-electron chi connectivity index (χ1n) is 7.49. The minimum Gasteiger partial charge on any atom is -0.325 e. The lowest BCUT2D eigenvalue weighted by Gasteiger charge is -2.16. The van der Waals surface area contributed by atoms with E-state index in [-0.39, 0.29) is 6.04 Å². The van der Waals surface area contributed by atoms with Gasteiger partial charge >= 0.3 is 0 Å². The molecule has 2 rings (SSSR count). The highest BCUT2D eigenvalue weighted by Gasteiger charge is 2.16. The third-order valence-electron chi connectivity index (χ3n) is 3.66. The molecule has 20 heavy (non-hydrogen) atoms. The predicted molar refractivity (Wildman–Crippen MR) is 84.7 cm³/mol. The van der Waals surface area contributed by atoms with Crippen molar-refractivity contribution in [1.29, 1.82) is 0 Å². The molecule has 0 radical (unpaired) electrons. The average molecular weight is 274 g/mol. The molecule has 0 aliphatic heterocycles. The summed E-state index contributed by atoms with van der Waals surface area (Å²) in [6.45, 7) is 4.12. The maximum absolute atomic E-state index is 6.36. The minimum atomic E-state index is 0.0320. The van der Waals surface area contributed by atoms with Gasteiger partial charge in [0.1, 0.15) is 5.82 Å². The molecule has 2 aromatic rings. The van der Waals surface area contributed by atoms with Crippen LogP contribution in [-0.2, 0) is 6.54 Å². The lowest BCUT2D eigenvalue weighted by atomic mass is 10.1. The summed E-state index contributed by atoms with van der Waals surface area (Å²) in [7, 11) is 4.19. The third-order valence-corrected chi connectivity index (χ3v) is 3.66. The highest BCUT2D eigenvalue weighted by molar-refractivity contribution is 5.76. The van der Waals surface area contributed by atoms with Gasteiger partial charge in [-0.15, -0.1) is 0 Å². The molecule has 0 aliphatic rings. The molecule has 110 valence electrons. The third kappa shape index (κ3) is 3.38. The molecule has 2 N–H and O–H groups in total. The van der Waals surface area contributed by atoms with E-state index in [0.29, 0.717) is 0 Å². The van der Waals surface area contributed by atoms with Crippen LogP contribution >= 0.6 is 0 Å². The fourth-order valence-electron chi connectivity index (χ4n) is 2.47. The van der Waals surface area contributed by atoms with Crippen molar-refractivity contribution in [2.75, 3.05) is 20.6 Å². The van der Waals surface area contributed by atoms with Crippen LogP contribution in [0.3, 0.4) is 0 Å². The Labute approximate surface area is 121 Å². The first-order valence-corrected chi connectivity index (χ1v) is 7.49. The van der Waals surface area contributed by atoms with Gasteiger partial charge in [0.05, 0.1) is 17.1 Å². The highest BCUT2D eigenvalue weighted by atomic mass is 15.1. The molecule has 0 saturated heterocycles. The van der Waals surface area contributed by atoms with E-state index >= 15 is 0 Å². The SMILES string of the molecule is CCCCC(N)c1nc2ccccc2n1CCN(C)C. The lowest BCUT2D eigenvalue weighted by molar-refractivity contribution is 0.379. The van der Waals surface area contributed by atoms with Gasteiger partial charge < -0.3 is 15.2 Å². The average Bonchev–Trinajstić information content (AvgIpc) is 2.81. The van der Waals surface area contributed by atoms with Crippen LogP contribution in [0, 0.1) is 0 Å². The predicted octanol–water partition coefficient (Wildman–Crippen LogP) is 2.79. The Morgan fingerprint density at radius 2 is 2.05 bits per heavy atom. The van der Waals surface area contributed by atoms with Gasteiger partial charge in [-0.2, -0.15) is 0 Å². The summed E-state index contributed by atoms with van der Waals surface area (Å²) in [5.41, 5.74) is 8.60. The molecule has 1 aromatic carbocycles. The Morgan fingerprint density at radius 1 is 1.30 bits per heavy atom. The molecule has 4 heteroatoms. The van der Waals surface area contributed by atoms with Crippen molar-refractivity contribution in [2.45, 2.75) is 38.8 Å². The number of likely N-dealkylation sites (N-methyl/N-ethyl adjacent to an activating group) is 1.